The lowest BCUT2D eigenvalue weighted by Gasteiger charge is -2.15. The van der Waals surface area contributed by atoms with Gasteiger partial charge in [-0.2, -0.15) is 0 Å². The smallest absolute Gasteiger partial charge is 0.191 e. The van der Waals surface area contributed by atoms with Gasteiger partial charge >= 0.3 is 0 Å². The Morgan fingerprint density at radius 2 is 1.61 bits per heavy atom. The molecule has 0 aliphatic carbocycles. The number of hydrogen-bond donors (Lipinski definition) is 2. The number of nitrogens with one attached hydrogen (secondary N) is 2. The molecule has 170 valence electrons. The zero-order valence-corrected chi connectivity index (χ0v) is 21.2. The van der Waals surface area contributed by atoms with Crippen molar-refractivity contribution in [2.75, 3.05) is 26.2 Å². The van der Waals surface area contributed by atoms with Crippen LogP contribution in [0.4, 0.5) is 0 Å². The van der Waals surface area contributed by atoms with Crippen molar-refractivity contribution in [2.24, 2.45) is 4.99 Å². The van der Waals surface area contributed by atoms with Crippen molar-refractivity contribution in [2.45, 2.75) is 52.9 Å². The minimum absolute atomic E-state index is 0. The molecule has 1 aliphatic heterocycles. The number of halogens is 1. The van der Waals surface area contributed by atoms with Gasteiger partial charge in [-0.05, 0) is 62.0 Å². The largest absolute Gasteiger partial charge is 0.377 e. The fourth-order valence-corrected chi connectivity index (χ4v) is 3.72. The molecule has 0 aromatic heterocycles. The summed E-state index contributed by atoms with van der Waals surface area (Å²) in [6.45, 7) is 11.2. The van der Waals surface area contributed by atoms with Gasteiger partial charge in [0.2, 0.25) is 0 Å². The molecule has 0 saturated carbocycles. The van der Waals surface area contributed by atoms with Gasteiger partial charge in [0.25, 0.3) is 0 Å². The Labute approximate surface area is 204 Å². The molecule has 1 fully saturated rings. The SMILES string of the molecule is CCNC(=NCc1ccc(CN2CCCC2)cc1)NCc1ccccc1COCC.I. The number of nitrogens with zero attached hydrogens (tertiary/aromatic N) is 2. The molecule has 31 heavy (non-hydrogen) atoms. The first-order valence-electron chi connectivity index (χ1n) is 11.3. The molecule has 0 unspecified atom stereocenters. The number of guanidine groups is 1. The van der Waals surface area contributed by atoms with Crippen molar-refractivity contribution >= 4 is 29.9 Å². The summed E-state index contributed by atoms with van der Waals surface area (Å²) >= 11 is 0. The highest BCUT2D eigenvalue weighted by molar-refractivity contribution is 14.0. The van der Waals surface area contributed by atoms with Crippen molar-refractivity contribution < 1.29 is 4.74 Å². The Balaban J connectivity index is 0.00000341. The van der Waals surface area contributed by atoms with E-state index in [1.165, 1.54) is 48.2 Å². The molecule has 3 rings (SSSR count). The van der Waals surface area contributed by atoms with Crippen molar-refractivity contribution in [1.82, 2.24) is 15.5 Å². The van der Waals surface area contributed by atoms with E-state index in [0.29, 0.717) is 13.2 Å². The summed E-state index contributed by atoms with van der Waals surface area (Å²) < 4.78 is 5.59. The van der Waals surface area contributed by atoms with E-state index in [2.05, 4.69) is 71.0 Å². The quantitative estimate of drug-likeness (QED) is 0.263. The lowest BCUT2D eigenvalue weighted by atomic mass is 10.1. The van der Waals surface area contributed by atoms with E-state index < -0.39 is 0 Å². The maximum Gasteiger partial charge on any atom is 0.191 e. The molecule has 1 aliphatic rings. The molecule has 5 nitrogen and oxygen atoms in total. The lowest BCUT2D eigenvalue weighted by Crippen LogP contribution is -2.37. The number of likely N-dealkylation sites (tertiary alicyclic amines) is 1. The van der Waals surface area contributed by atoms with Crippen LogP contribution in [0.3, 0.4) is 0 Å². The zero-order chi connectivity index (χ0) is 21.0. The summed E-state index contributed by atoms with van der Waals surface area (Å²) in [5, 5.41) is 6.81. The van der Waals surface area contributed by atoms with Crippen LogP contribution in [0, 0.1) is 0 Å². The molecular formula is C25H37IN4O. The van der Waals surface area contributed by atoms with Crippen LogP contribution in [0.1, 0.15) is 48.9 Å². The van der Waals surface area contributed by atoms with Crippen LogP contribution in [0.15, 0.2) is 53.5 Å². The van der Waals surface area contributed by atoms with Crippen molar-refractivity contribution in [3.05, 3.63) is 70.8 Å². The van der Waals surface area contributed by atoms with E-state index in [0.717, 1.165) is 32.2 Å². The number of rotatable bonds is 10. The fourth-order valence-electron chi connectivity index (χ4n) is 3.72. The van der Waals surface area contributed by atoms with Crippen molar-refractivity contribution in [3.63, 3.8) is 0 Å². The van der Waals surface area contributed by atoms with Gasteiger partial charge in [0.1, 0.15) is 0 Å². The maximum absolute atomic E-state index is 5.59. The first-order valence-corrected chi connectivity index (χ1v) is 11.3. The van der Waals surface area contributed by atoms with Gasteiger partial charge in [-0.3, -0.25) is 4.90 Å². The number of benzene rings is 2. The molecule has 0 radical (unpaired) electrons. The summed E-state index contributed by atoms with van der Waals surface area (Å²) in [6, 6.07) is 17.3. The monoisotopic (exact) mass is 536 g/mol. The third-order valence-electron chi connectivity index (χ3n) is 5.42. The summed E-state index contributed by atoms with van der Waals surface area (Å²) in [5.74, 6) is 0.838. The third-order valence-corrected chi connectivity index (χ3v) is 5.42. The van der Waals surface area contributed by atoms with Crippen LogP contribution < -0.4 is 10.6 Å². The highest BCUT2D eigenvalue weighted by Gasteiger charge is 2.11. The topological polar surface area (TPSA) is 48.9 Å². The van der Waals surface area contributed by atoms with Gasteiger partial charge < -0.3 is 15.4 Å². The average molecular weight is 537 g/mol. The second-order valence-electron chi connectivity index (χ2n) is 7.75. The summed E-state index contributed by atoms with van der Waals surface area (Å²) in [6.07, 6.45) is 2.67. The normalized spacial score (nSPS) is 14.3. The molecule has 1 saturated heterocycles. The Morgan fingerprint density at radius 1 is 0.935 bits per heavy atom. The third kappa shape index (κ3) is 8.79. The predicted octanol–water partition coefficient (Wildman–Crippen LogP) is 4.69. The van der Waals surface area contributed by atoms with Gasteiger partial charge in [-0.1, -0.05) is 48.5 Å². The van der Waals surface area contributed by atoms with E-state index in [4.69, 9.17) is 9.73 Å². The lowest BCUT2D eigenvalue weighted by molar-refractivity contribution is 0.133. The minimum atomic E-state index is 0. The minimum Gasteiger partial charge on any atom is -0.377 e. The average Bonchev–Trinajstić information content (AvgIpc) is 3.29. The van der Waals surface area contributed by atoms with E-state index in [1.807, 2.05) is 6.92 Å². The van der Waals surface area contributed by atoms with Crippen LogP contribution in [0.25, 0.3) is 0 Å². The molecule has 2 aromatic rings. The Morgan fingerprint density at radius 3 is 2.29 bits per heavy atom. The van der Waals surface area contributed by atoms with Crippen molar-refractivity contribution in [3.8, 4) is 0 Å². The van der Waals surface area contributed by atoms with Gasteiger partial charge in [-0.25, -0.2) is 4.99 Å². The molecule has 0 bridgehead atoms. The molecule has 1 heterocycles. The van der Waals surface area contributed by atoms with Crippen LogP contribution in [-0.2, 0) is 31.0 Å². The highest BCUT2D eigenvalue weighted by atomic mass is 127. The Bertz CT molecular complexity index is 788. The second kappa shape index (κ2) is 14.4. The molecular weight excluding hydrogens is 499 g/mol. The number of ether oxygens (including phenoxy) is 1. The Hall–Kier alpha value is -1.64. The summed E-state index contributed by atoms with van der Waals surface area (Å²) in [5.41, 5.74) is 5.08. The fraction of sp³-hybridized carbons (Fsp3) is 0.480. The predicted molar refractivity (Wildman–Crippen MR) is 140 cm³/mol. The van der Waals surface area contributed by atoms with Crippen LogP contribution >= 0.6 is 24.0 Å². The standard InChI is InChI=1S/C25H36N4O.HI/c1-3-26-25(28-18-23-9-5-6-10-24(23)20-30-4-2)27-17-21-11-13-22(14-12-21)19-29-15-7-8-16-29;/h5-6,9-14H,3-4,7-8,15-20H2,1-2H3,(H2,26,27,28);1H. The second-order valence-corrected chi connectivity index (χ2v) is 7.75. The first kappa shape index (κ1) is 25.6. The summed E-state index contributed by atoms with van der Waals surface area (Å²) in [4.78, 5) is 7.31. The zero-order valence-electron chi connectivity index (χ0n) is 18.9. The van der Waals surface area contributed by atoms with Gasteiger partial charge in [0.05, 0.1) is 13.2 Å². The first-order chi connectivity index (χ1) is 14.8. The van der Waals surface area contributed by atoms with E-state index >= 15 is 0 Å². The van der Waals surface area contributed by atoms with Crippen LogP contribution in [-0.4, -0.2) is 37.1 Å². The van der Waals surface area contributed by atoms with E-state index in [1.54, 1.807) is 0 Å². The molecule has 0 spiro atoms. The van der Waals surface area contributed by atoms with Gasteiger partial charge in [-0.15, -0.1) is 24.0 Å². The number of aliphatic imine (C=N–C) groups is 1. The van der Waals surface area contributed by atoms with Gasteiger partial charge in [0, 0.05) is 26.2 Å². The summed E-state index contributed by atoms with van der Waals surface area (Å²) in [7, 11) is 0. The van der Waals surface area contributed by atoms with Crippen LogP contribution in [0.2, 0.25) is 0 Å². The molecule has 0 amide bonds. The molecule has 2 aromatic carbocycles. The van der Waals surface area contributed by atoms with Crippen LogP contribution in [0.5, 0.6) is 0 Å². The molecule has 6 heteroatoms. The maximum atomic E-state index is 5.59. The van der Waals surface area contributed by atoms with E-state index in [-0.39, 0.29) is 24.0 Å². The van der Waals surface area contributed by atoms with Gasteiger partial charge in [0.15, 0.2) is 5.96 Å². The van der Waals surface area contributed by atoms with Crippen molar-refractivity contribution in [1.29, 1.82) is 0 Å². The highest BCUT2D eigenvalue weighted by Crippen LogP contribution is 2.14. The molecule has 0 atom stereocenters. The number of hydrogen-bond acceptors (Lipinski definition) is 3. The molecule has 2 N–H and O–H groups in total. The van der Waals surface area contributed by atoms with E-state index in [9.17, 15) is 0 Å². The Kier molecular flexibility index (Phi) is 11.9.